The Hall–Kier alpha value is -1.79. The van der Waals surface area contributed by atoms with Crippen LogP contribution in [0.5, 0.6) is 0 Å². The highest BCUT2D eigenvalue weighted by molar-refractivity contribution is 6.35. The lowest BCUT2D eigenvalue weighted by Crippen LogP contribution is -2.40. The number of carbonyl (C=O) groups is 2. The molecule has 0 fully saturated rings. The van der Waals surface area contributed by atoms with Crippen molar-refractivity contribution in [2.45, 2.75) is 6.18 Å². The molecule has 0 saturated heterocycles. The molecular weight excluding hydrogens is 225 g/mol. The van der Waals surface area contributed by atoms with Gasteiger partial charge in [-0.15, -0.1) is 0 Å². The van der Waals surface area contributed by atoms with Crippen molar-refractivity contribution in [3.8, 4) is 0 Å². The second-order valence-electron chi connectivity index (χ2n) is 3.01. The molecule has 4 nitrogen and oxygen atoms in total. The van der Waals surface area contributed by atoms with Crippen molar-refractivity contribution in [3.63, 3.8) is 0 Å². The Morgan fingerprint density at radius 3 is 2.44 bits per heavy atom. The van der Waals surface area contributed by atoms with Gasteiger partial charge in [0, 0.05) is 19.8 Å². The first-order chi connectivity index (χ1) is 7.36. The summed E-state index contributed by atoms with van der Waals surface area (Å²) in [6.45, 7) is -0.266. The highest BCUT2D eigenvalue weighted by atomic mass is 19.4. The van der Waals surface area contributed by atoms with Crippen LogP contribution in [0.15, 0.2) is 23.9 Å². The fraction of sp³-hybridized carbons (Fsp3) is 0.333. The largest absolute Gasteiger partial charge is 0.416 e. The van der Waals surface area contributed by atoms with Crippen molar-refractivity contribution >= 4 is 11.8 Å². The summed E-state index contributed by atoms with van der Waals surface area (Å²) < 4.78 is 36.6. The summed E-state index contributed by atoms with van der Waals surface area (Å²) in [5, 5.41) is 2.10. The molecule has 1 heterocycles. The smallest absolute Gasteiger partial charge is 0.351 e. The molecule has 0 spiro atoms. The lowest BCUT2D eigenvalue weighted by atomic mass is 10.2. The lowest BCUT2D eigenvalue weighted by Gasteiger charge is -2.20. The molecule has 7 heteroatoms. The van der Waals surface area contributed by atoms with Gasteiger partial charge in [0.05, 0.1) is 5.57 Å². The van der Waals surface area contributed by atoms with Crippen LogP contribution in [0, 0.1) is 0 Å². The summed E-state index contributed by atoms with van der Waals surface area (Å²) in [5.41, 5.74) is -0.826. The fourth-order valence-electron chi connectivity index (χ4n) is 1.09. The average Bonchev–Trinajstić information content (AvgIpc) is 2.26. The fourth-order valence-corrected chi connectivity index (χ4v) is 1.09. The summed E-state index contributed by atoms with van der Waals surface area (Å²) >= 11 is 0. The van der Waals surface area contributed by atoms with Gasteiger partial charge in [0.1, 0.15) is 0 Å². The molecule has 0 aromatic heterocycles. The Bertz CT molecular complexity index is 371. The molecule has 0 aromatic rings. The molecule has 0 unspecified atom stereocenters. The van der Waals surface area contributed by atoms with Crippen molar-refractivity contribution in [3.05, 3.63) is 23.9 Å². The number of nitrogens with zero attached hydrogens (tertiary/aromatic N) is 1. The van der Waals surface area contributed by atoms with E-state index >= 15 is 0 Å². The molecule has 0 aromatic carbocycles. The maximum Gasteiger partial charge on any atom is 0.416 e. The van der Waals surface area contributed by atoms with Gasteiger partial charge in [-0.1, -0.05) is 6.08 Å². The molecular formula is C9H9F3N2O2. The molecule has 2 amide bonds. The number of hydrogen-bond acceptors (Lipinski definition) is 2. The van der Waals surface area contributed by atoms with Gasteiger partial charge in [-0.2, -0.15) is 13.2 Å². The van der Waals surface area contributed by atoms with Gasteiger partial charge in [0.2, 0.25) is 0 Å². The second kappa shape index (κ2) is 4.38. The van der Waals surface area contributed by atoms with Gasteiger partial charge >= 0.3 is 18.0 Å². The summed E-state index contributed by atoms with van der Waals surface area (Å²) in [7, 11) is 1.27. The van der Waals surface area contributed by atoms with E-state index in [-0.39, 0.29) is 6.54 Å². The number of carbonyl (C=O) groups excluding carboxylic acids is 2. The normalized spacial score (nSPS) is 15.8. The summed E-state index contributed by atoms with van der Waals surface area (Å²) in [6.07, 6.45) is -1.88. The van der Waals surface area contributed by atoms with Gasteiger partial charge < -0.3 is 10.2 Å². The standard InChI is InChI=1S/C9H9F3N2O2/c1-13-7(15)8(16)14-4-2-6(3-5-14)9(10,11)12/h2-4H,5H2,1H3,(H,13,15). The van der Waals surface area contributed by atoms with E-state index in [1.807, 2.05) is 0 Å². The minimum absolute atomic E-state index is 0.266. The molecule has 1 N–H and O–H groups in total. The van der Waals surface area contributed by atoms with Gasteiger partial charge in [-0.25, -0.2) is 0 Å². The third-order valence-corrected chi connectivity index (χ3v) is 1.95. The molecule has 88 valence electrons. The maximum absolute atomic E-state index is 12.2. The predicted molar refractivity (Wildman–Crippen MR) is 49.1 cm³/mol. The molecule has 1 aliphatic heterocycles. The summed E-state index contributed by atoms with van der Waals surface area (Å²) in [6, 6.07) is 0. The third-order valence-electron chi connectivity index (χ3n) is 1.95. The van der Waals surface area contributed by atoms with Crippen molar-refractivity contribution in [1.82, 2.24) is 10.2 Å². The number of allylic oxidation sites excluding steroid dienone is 2. The Morgan fingerprint density at radius 1 is 1.44 bits per heavy atom. The monoisotopic (exact) mass is 234 g/mol. The number of rotatable bonds is 0. The number of halogens is 3. The van der Waals surface area contributed by atoms with E-state index in [2.05, 4.69) is 5.32 Å². The van der Waals surface area contributed by atoms with Crippen LogP contribution in [0.25, 0.3) is 0 Å². The Kier molecular flexibility index (Phi) is 3.36. The second-order valence-corrected chi connectivity index (χ2v) is 3.01. The SMILES string of the molecule is CNC(=O)C(=O)N1C=CC(C(F)(F)F)=CC1. The van der Waals surface area contributed by atoms with E-state index in [0.717, 1.165) is 23.3 Å². The molecule has 0 atom stereocenters. The summed E-state index contributed by atoms with van der Waals surface area (Å²) in [4.78, 5) is 23.0. The van der Waals surface area contributed by atoms with Crippen molar-refractivity contribution < 1.29 is 22.8 Å². The first-order valence-corrected chi connectivity index (χ1v) is 4.34. The van der Waals surface area contributed by atoms with Crippen molar-refractivity contribution in [1.29, 1.82) is 0 Å². The molecule has 16 heavy (non-hydrogen) atoms. The Morgan fingerprint density at radius 2 is 2.06 bits per heavy atom. The van der Waals surface area contributed by atoms with Crippen LogP contribution in [0.1, 0.15) is 0 Å². The van der Waals surface area contributed by atoms with E-state index in [9.17, 15) is 22.8 Å². The minimum atomic E-state index is -4.43. The van der Waals surface area contributed by atoms with Crippen molar-refractivity contribution in [2.75, 3.05) is 13.6 Å². The first-order valence-electron chi connectivity index (χ1n) is 4.34. The van der Waals surface area contributed by atoms with Crippen LogP contribution < -0.4 is 5.32 Å². The van der Waals surface area contributed by atoms with E-state index in [0.29, 0.717) is 0 Å². The topological polar surface area (TPSA) is 49.4 Å². The van der Waals surface area contributed by atoms with Gasteiger partial charge in [0.15, 0.2) is 0 Å². The van der Waals surface area contributed by atoms with E-state index in [1.165, 1.54) is 7.05 Å². The molecule has 0 saturated carbocycles. The van der Waals surface area contributed by atoms with Crippen LogP contribution >= 0.6 is 0 Å². The molecule has 0 bridgehead atoms. The quantitative estimate of drug-likeness (QED) is 0.623. The highest BCUT2D eigenvalue weighted by Crippen LogP contribution is 2.28. The van der Waals surface area contributed by atoms with Crippen molar-refractivity contribution in [2.24, 2.45) is 0 Å². The molecule has 1 aliphatic rings. The maximum atomic E-state index is 12.2. The van der Waals surface area contributed by atoms with E-state index in [1.54, 1.807) is 0 Å². The van der Waals surface area contributed by atoms with Gasteiger partial charge in [0.25, 0.3) is 0 Å². The highest BCUT2D eigenvalue weighted by Gasteiger charge is 2.33. The van der Waals surface area contributed by atoms with Crippen LogP contribution in [0.4, 0.5) is 13.2 Å². The van der Waals surface area contributed by atoms with Gasteiger partial charge in [-0.05, 0) is 6.08 Å². The van der Waals surface area contributed by atoms with Gasteiger partial charge in [-0.3, -0.25) is 9.59 Å². The zero-order chi connectivity index (χ0) is 12.3. The molecule has 1 rings (SSSR count). The first kappa shape index (κ1) is 12.3. The zero-order valence-electron chi connectivity index (χ0n) is 8.34. The van der Waals surface area contributed by atoms with Crippen LogP contribution in [-0.4, -0.2) is 36.5 Å². The Balaban J connectivity index is 2.70. The molecule has 0 aliphatic carbocycles. The van der Waals surface area contributed by atoms with E-state index in [4.69, 9.17) is 0 Å². The number of hydrogen-bond donors (Lipinski definition) is 1. The Labute approximate surface area is 89.4 Å². The average molecular weight is 234 g/mol. The van der Waals surface area contributed by atoms with Crippen LogP contribution in [-0.2, 0) is 9.59 Å². The third kappa shape index (κ3) is 2.62. The summed E-state index contributed by atoms with van der Waals surface area (Å²) in [5.74, 6) is -1.76. The van der Waals surface area contributed by atoms with Crippen LogP contribution in [0.2, 0.25) is 0 Å². The van der Waals surface area contributed by atoms with Crippen LogP contribution in [0.3, 0.4) is 0 Å². The number of likely N-dealkylation sites (N-methyl/N-ethyl adjacent to an activating group) is 1. The predicted octanol–water partition coefficient (Wildman–Crippen LogP) is 0.577. The number of alkyl halides is 3. The van der Waals surface area contributed by atoms with E-state index < -0.39 is 23.6 Å². The zero-order valence-corrected chi connectivity index (χ0v) is 8.34. The number of amides is 2. The molecule has 0 radical (unpaired) electrons. The minimum Gasteiger partial charge on any atom is -0.351 e. The number of nitrogens with one attached hydrogen (secondary N) is 1. The lowest BCUT2D eigenvalue weighted by molar-refractivity contribution is -0.143.